The van der Waals surface area contributed by atoms with Crippen LogP contribution in [0.1, 0.15) is 182 Å². The molecule has 0 fully saturated rings. The first-order valence-corrected chi connectivity index (χ1v) is 27.0. The number of benzene rings is 4. The highest BCUT2D eigenvalue weighted by atomic mass is 16.1. The quantitative estimate of drug-likeness (QED) is 0.0468. The summed E-state index contributed by atoms with van der Waals surface area (Å²) in [6.45, 7) is 11.0. The molecule has 0 saturated heterocycles. The van der Waals surface area contributed by atoms with E-state index in [2.05, 4.69) is 27.7 Å². The first-order chi connectivity index (χ1) is 33.3. The van der Waals surface area contributed by atoms with Crippen LogP contribution in [0, 0.1) is 0 Å². The smallest absolute Gasteiger partial charge is 0.258 e. The van der Waals surface area contributed by atoms with Crippen LogP contribution in [0.15, 0.2) is 116 Å². The van der Waals surface area contributed by atoms with Crippen molar-refractivity contribution in [1.29, 1.82) is 0 Å². The van der Waals surface area contributed by atoms with Gasteiger partial charge in [0.15, 0.2) is 0 Å². The normalized spacial score (nSPS) is 11.4. The lowest BCUT2D eigenvalue weighted by Crippen LogP contribution is -2.21. The third-order valence-corrected chi connectivity index (χ3v) is 13.6. The largest absolute Gasteiger partial charge is 0.308 e. The molecule has 0 atom stereocenters. The fourth-order valence-corrected chi connectivity index (χ4v) is 9.40. The van der Waals surface area contributed by atoms with Gasteiger partial charge in [0, 0.05) is 69.8 Å². The van der Waals surface area contributed by atoms with Crippen LogP contribution in [-0.2, 0) is 26.2 Å². The first-order valence-electron chi connectivity index (χ1n) is 27.0. The summed E-state index contributed by atoms with van der Waals surface area (Å²) in [5.74, 6) is 0. The molecule has 0 unspecified atom stereocenters. The van der Waals surface area contributed by atoms with Crippen LogP contribution in [0.5, 0.6) is 0 Å². The molecule has 0 radical (unpaired) electrons. The maximum atomic E-state index is 14.8. The third kappa shape index (κ3) is 16.5. The van der Waals surface area contributed by atoms with E-state index in [1.165, 1.54) is 77.0 Å². The average Bonchev–Trinajstić information content (AvgIpc) is 3.37. The fraction of sp³-hybridized carbons (Fsp3) is 0.533. The van der Waals surface area contributed by atoms with Gasteiger partial charge in [0.05, 0.1) is 0 Å². The molecule has 368 valence electrons. The van der Waals surface area contributed by atoms with E-state index in [0.717, 1.165) is 88.1 Å². The molecule has 4 aromatic carbocycles. The molecule has 8 heteroatoms. The van der Waals surface area contributed by atoms with Crippen molar-refractivity contribution in [3.8, 4) is 0 Å². The maximum Gasteiger partial charge on any atom is 0.258 e. The number of aryl methyl sites for hydroxylation is 4. The molecule has 4 aromatic heterocycles. The van der Waals surface area contributed by atoms with Gasteiger partial charge in [-0.05, 0) is 111 Å². The van der Waals surface area contributed by atoms with E-state index in [1.54, 1.807) is 0 Å². The summed E-state index contributed by atoms with van der Waals surface area (Å²) in [6.07, 6.45) is 26.1. The predicted octanol–water partition coefficient (Wildman–Crippen LogP) is 15.2. The van der Waals surface area contributed by atoms with Gasteiger partial charge in [-0.3, -0.25) is 19.2 Å². The minimum absolute atomic E-state index is 0.130. The van der Waals surface area contributed by atoms with Crippen molar-refractivity contribution < 1.29 is 0 Å². The summed E-state index contributed by atoms with van der Waals surface area (Å²) in [5, 5.41) is 2.09. The fourth-order valence-electron chi connectivity index (χ4n) is 9.40. The lowest BCUT2D eigenvalue weighted by molar-refractivity contribution is 0.558. The molecular weight excluding hydrogens is 841 g/mol. The number of unbranched alkanes of at least 4 members (excludes halogenated alkanes) is 20. The molecular formula is C60H84N4O4. The Hall–Kier alpha value is -5.24. The zero-order chi connectivity index (χ0) is 48.4. The van der Waals surface area contributed by atoms with Crippen LogP contribution < -0.4 is 22.2 Å². The average molecular weight is 925 g/mol. The Labute approximate surface area is 406 Å². The van der Waals surface area contributed by atoms with Crippen molar-refractivity contribution in [1.82, 2.24) is 18.3 Å². The predicted molar refractivity (Wildman–Crippen MR) is 291 cm³/mol. The Kier molecular flexibility index (Phi) is 23.9. The van der Waals surface area contributed by atoms with E-state index in [4.69, 9.17) is 0 Å². The SMILES string of the molecule is CCCCCCCCn1c(=O)c2cccc(c2)n(CCCCCCCC)c(=O)c2ccc(cc2)n(CCCCCCCC)c(=O)c2cccc(c2)n(CCCCCCCC)c(=O)c2ccc1cc2. The molecule has 0 saturated carbocycles. The molecule has 0 N–H and O–H groups in total. The summed E-state index contributed by atoms with van der Waals surface area (Å²) in [4.78, 5) is 59.0. The number of aromatic nitrogens is 4. The van der Waals surface area contributed by atoms with Crippen LogP contribution in [0.3, 0.4) is 0 Å². The monoisotopic (exact) mass is 925 g/mol. The van der Waals surface area contributed by atoms with Crippen molar-refractivity contribution in [2.24, 2.45) is 0 Å². The summed E-state index contributed by atoms with van der Waals surface area (Å²) < 4.78 is 7.35. The summed E-state index contributed by atoms with van der Waals surface area (Å²) in [7, 11) is 0. The van der Waals surface area contributed by atoms with Crippen LogP contribution in [-0.4, -0.2) is 18.3 Å². The highest BCUT2D eigenvalue weighted by molar-refractivity contribution is 5.68. The summed E-state index contributed by atoms with van der Waals surface area (Å²) >= 11 is 0. The van der Waals surface area contributed by atoms with Gasteiger partial charge in [-0.1, -0.05) is 168 Å². The van der Waals surface area contributed by atoms with E-state index < -0.39 is 0 Å². The highest BCUT2D eigenvalue weighted by Crippen LogP contribution is 2.15. The van der Waals surface area contributed by atoms with Crippen molar-refractivity contribution in [2.45, 2.75) is 208 Å². The van der Waals surface area contributed by atoms with Gasteiger partial charge in [0.25, 0.3) is 22.2 Å². The number of nitrogens with zero attached hydrogens (tertiary/aromatic N) is 4. The Morgan fingerprint density at radius 3 is 0.809 bits per heavy atom. The zero-order valence-corrected chi connectivity index (χ0v) is 42.5. The van der Waals surface area contributed by atoms with Crippen LogP contribution in [0.4, 0.5) is 0 Å². The van der Waals surface area contributed by atoms with Gasteiger partial charge in [-0.2, -0.15) is 0 Å². The second-order valence-corrected chi connectivity index (χ2v) is 19.1. The minimum Gasteiger partial charge on any atom is -0.308 e. The van der Waals surface area contributed by atoms with Gasteiger partial charge in [0.1, 0.15) is 0 Å². The van der Waals surface area contributed by atoms with Crippen LogP contribution in [0.2, 0.25) is 0 Å². The van der Waals surface area contributed by atoms with Crippen molar-refractivity contribution >= 4 is 43.6 Å². The lowest BCUT2D eigenvalue weighted by atomic mass is 10.1. The van der Waals surface area contributed by atoms with Gasteiger partial charge >= 0.3 is 0 Å². The van der Waals surface area contributed by atoms with Gasteiger partial charge in [0.2, 0.25) is 0 Å². The van der Waals surface area contributed by atoms with Crippen LogP contribution >= 0.6 is 0 Å². The molecule has 0 amide bonds. The molecule has 4 heterocycles. The van der Waals surface area contributed by atoms with E-state index in [0.29, 0.717) is 58.8 Å². The Bertz CT molecular complexity index is 2530. The Morgan fingerprint density at radius 1 is 0.265 bits per heavy atom. The third-order valence-electron chi connectivity index (χ3n) is 13.6. The van der Waals surface area contributed by atoms with Crippen molar-refractivity contribution in [2.75, 3.05) is 0 Å². The number of hydrogen-bond acceptors (Lipinski definition) is 4. The topological polar surface area (TPSA) is 88.0 Å². The maximum absolute atomic E-state index is 14.8. The van der Waals surface area contributed by atoms with Gasteiger partial charge in [-0.15, -0.1) is 0 Å². The number of rotatable bonds is 28. The first kappa shape index (κ1) is 53.7. The van der Waals surface area contributed by atoms with E-state index in [9.17, 15) is 19.2 Å². The molecule has 68 heavy (non-hydrogen) atoms. The molecule has 0 aliphatic carbocycles. The standard InChI is InChI=1S/C60H84N4O4/c1-5-9-13-17-21-25-43-61-53-39-35-49(36-40-53)57(65)64(46-28-24-20-16-12-8-4)56-34-30-32-52(48-56)60(68)62(44-26-22-18-14-10-6-2)54-41-37-50(38-42-54)58(66)63(45-27-23-19-15-11-7-3)55-33-29-31-51(47-55)59(61)67/h29-42,47-48H,5-28,43-46H2,1-4H3. The molecule has 0 aliphatic rings. The molecule has 0 aliphatic heterocycles. The zero-order valence-electron chi connectivity index (χ0n) is 42.5. The summed E-state index contributed by atoms with van der Waals surface area (Å²) in [5.41, 5.74) is 2.31. The molecule has 0 spiro atoms. The van der Waals surface area contributed by atoms with E-state index >= 15 is 0 Å². The van der Waals surface area contributed by atoms with Gasteiger partial charge in [-0.25, -0.2) is 0 Å². The second kappa shape index (κ2) is 30.3. The van der Waals surface area contributed by atoms with E-state index in [-0.39, 0.29) is 22.2 Å². The highest BCUT2D eigenvalue weighted by Gasteiger charge is 2.08. The Morgan fingerprint density at radius 2 is 0.515 bits per heavy atom. The van der Waals surface area contributed by atoms with E-state index in [1.807, 2.05) is 115 Å². The number of hydrogen-bond donors (Lipinski definition) is 0. The molecule has 8 aromatic rings. The van der Waals surface area contributed by atoms with Crippen LogP contribution in [0.25, 0.3) is 43.6 Å². The molecule has 8 nitrogen and oxygen atoms in total. The Balaban J connectivity index is 1.82. The lowest BCUT2D eigenvalue weighted by Gasteiger charge is -2.11. The molecule has 8 bridgehead atoms. The summed E-state index contributed by atoms with van der Waals surface area (Å²) in [6, 6.07) is 30.1. The second-order valence-electron chi connectivity index (χ2n) is 19.1. The van der Waals surface area contributed by atoms with Crippen molar-refractivity contribution in [3.05, 3.63) is 138 Å². The van der Waals surface area contributed by atoms with Gasteiger partial charge < -0.3 is 18.3 Å². The van der Waals surface area contributed by atoms with Crippen molar-refractivity contribution in [3.63, 3.8) is 0 Å². The molecule has 8 rings (SSSR count). The minimum atomic E-state index is -0.131.